The molecule has 0 bridgehead atoms. The summed E-state index contributed by atoms with van der Waals surface area (Å²) in [7, 11) is 0. The Kier molecular flexibility index (Phi) is 6.40. The molecule has 0 radical (unpaired) electrons. The average Bonchev–Trinajstić information content (AvgIpc) is 3.03. The van der Waals surface area contributed by atoms with Crippen LogP contribution in [0.15, 0.2) is 12.1 Å². The number of phenols is 1. The molecule has 5 nitrogen and oxygen atoms in total. The van der Waals surface area contributed by atoms with Gasteiger partial charge in [-0.1, -0.05) is 54.4 Å². The lowest BCUT2D eigenvalue weighted by atomic mass is 9.78. The van der Waals surface area contributed by atoms with Crippen LogP contribution in [0.4, 0.5) is 0 Å². The van der Waals surface area contributed by atoms with Gasteiger partial charge >= 0.3 is 0 Å². The van der Waals surface area contributed by atoms with E-state index >= 15 is 0 Å². The molecule has 1 aromatic rings. The number of nitrogens with one attached hydrogen (secondary N) is 3. The van der Waals surface area contributed by atoms with Gasteiger partial charge in [-0.3, -0.25) is 15.6 Å². The summed E-state index contributed by atoms with van der Waals surface area (Å²) < 4.78 is 0. The Balaban J connectivity index is 2.18. The summed E-state index contributed by atoms with van der Waals surface area (Å²) in [5, 5.41) is 14.4. The molecule has 0 saturated heterocycles. The van der Waals surface area contributed by atoms with Gasteiger partial charge in [0.1, 0.15) is 5.75 Å². The summed E-state index contributed by atoms with van der Waals surface area (Å²) >= 11 is 5.27. The number of amides is 1. The number of benzene rings is 1. The van der Waals surface area contributed by atoms with E-state index in [1.54, 1.807) is 12.1 Å². The molecule has 150 valence electrons. The van der Waals surface area contributed by atoms with Crippen LogP contribution >= 0.6 is 12.2 Å². The van der Waals surface area contributed by atoms with Crippen LogP contribution in [0, 0.1) is 0 Å². The highest BCUT2D eigenvalue weighted by atomic mass is 32.1. The fourth-order valence-corrected chi connectivity index (χ4v) is 3.60. The Morgan fingerprint density at radius 3 is 1.93 bits per heavy atom. The molecule has 1 aliphatic rings. The van der Waals surface area contributed by atoms with E-state index in [2.05, 4.69) is 16.2 Å². The molecule has 0 spiro atoms. The Morgan fingerprint density at radius 1 is 1.00 bits per heavy atom. The fourth-order valence-electron chi connectivity index (χ4n) is 3.39. The van der Waals surface area contributed by atoms with Crippen LogP contribution in [-0.2, 0) is 10.8 Å². The number of hydrazine groups is 1. The first-order valence-electron chi connectivity index (χ1n) is 9.64. The molecule has 1 saturated carbocycles. The molecule has 0 aromatic heterocycles. The van der Waals surface area contributed by atoms with Crippen molar-refractivity contribution in [2.45, 2.75) is 84.1 Å². The predicted octanol–water partition coefficient (Wildman–Crippen LogP) is 4.04. The summed E-state index contributed by atoms with van der Waals surface area (Å²) in [5.74, 6) is -0.0143. The normalized spacial score (nSPS) is 15.5. The monoisotopic (exact) mass is 391 g/mol. The van der Waals surface area contributed by atoms with Crippen molar-refractivity contribution in [3.05, 3.63) is 28.8 Å². The van der Waals surface area contributed by atoms with E-state index in [0.717, 1.165) is 24.0 Å². The Hall–Kier alpha value is -1.82. The zero-order valence-corrected chi connectivity index (χ0v) is 18.1. The quantitative estimate of drug-likeness (QED) is 0.452. The SMILES string of the molecule is CC(C)(C)c1cc(C(=O)NNC(=S)NC2CCCC2)cc(C(C)(C)C)c1O. The van der Waals surface area contributed by atoms with Crippen molar-refractivity contribution in [1.82, 2.24) is 16.2 Å². The first-order chi connectivity index (χ1) is 12.4. The largest absolute Gasteiger partial charge is 0.507 e. The zero-order valence-electron chi connectivity index (χ0n) is 17.3. The molecule has 1 fully saturated rings. The number of carbonyl (C=O) groups is 1. The summed E-state index contributed by atoms with van der Waals surface area (Å²) in [6, 6.07) is 3.90. The van der Waals surface area contributed by atoms with Crippen LogP contribution in [0.3, 0.4) is 0 Å². The maximum atomic E-state index is 12.7. The highest BCUT2D eigenvalue weighted by molar-refractivity contribution is 7.80. The van der Waals surface area contributed by atoms with Gasteiger partial charge in [0.25, 0.3) is 5.91 Å². The molecule has 4 N–H and O–H groups in total. The second-order valence-electron chi connectivity index (χ2n) is 9.45. The fraction of sp³-hybridized carbons (Fsp3) is 0.619. The number of carbonyl (C=O) groups excluding carboxylic acids is 1. The molecule has 1 amide bonds. The third kappa shape index (κ3) is 5.58. The molecular formula is C21H33N3O2S. The molecule has 27 heavy (non-hydrogen) atoms. The van der Waals surface area contributed by atoms with E-state index < -0.39 is 0 Å². The van der Waals surface area contributed by atoms with E-state index in [9.17, 15) is 9.90 Å². The third-order valence-electron chi connectivity index (χ3n) is 4.97. The lowest BCUT2D eigenvalue weighted by Crippen LogP contribution is -2.49. The molecule has 6 heteroatoms. The lowest BCUT2D eigenvalue weighted by Gasteiger charge is -2.28. The summed E-state index contributed by atoms with van der Waals surface area (Å²) in [6.45, 7) is 12.1. The van der Waals surface area contributed by atoms with Gasteiger partial charge in [-0.15, -0.1) is 0 Å². The van der Waals surface area contributed by atoms with Gasteiger partial charge in [0.05, 0.1) is 0 Å². The summed E-state index contributed by atoms with van der Waals surface area (Å²) in [6.07, 6.45) is 4.64. The van der Waals surface area contributed by atoms with Crippen molar-refractivity contribution in [2.24, 2.45) is 0 Å². The van der Waals surface area contributed by atoms with E-state index in [1.807, 2.05) is 41.5 Å². The van der Waals surface area contributed by atoms with Crippen LogP contribution < -0.4 is 16.2 Å². The molecular weight excluding hydrogens is 358 g/mol. The van der Waals surface area contributed by atoms with Crippen molar-refractivity contribution >= 4 is 23.2 Å². The minimum atomic E-state index is -0.285. The van der Waals surface area contributed by atoms with E-state index in [4.69, 9.17) is 12.2 Å². The topological polar surface area (TPSA) is 73.4 Å². The Bertz CT molecular complexity index is 676. The smallest absolute Gasteiger partial charge is 0.269 e. The molecule has 0 atom stereocenters. The van der Waals surface area contributed by atoms with Gasteiger partial charge in [0.2, 0.25) is 0 Å². The predicted molar refractivity (Wildman–Crippen MR) is 114 cm³/mol. The van der Waals surface area contributed by atoms with Crippen LogP contribution in [-0.4, -0.2) is 22.2 Å². The number of rotatable bonds is 2. The summed E-state index contributed by atoms with van der Waals surface area (Å²) in [5.41, 5.74) is 6.91. The lowest BCUT2D eigenvalue weighted by molar-refractivity contribution is 0.0943. The molecule has 0 heterocycles. The van der Waals surface area contributed by atoms with Gasteiger partial charge < -0.3 is 10.4 Å². The van der Waals surface area contributed by atoms with E-state index in [0.29, 0.717) is 16.7 Å². The van der Waals surface area contributed by atoms with Crippen molar-refractivity contribution in [1.29, 1.82) is 0 Å². The second kappa shape index (κ2) is 8.05. The number of phenolic OH excluding ortho intramolecular Hbond substituents is 1. The van der Waals surface area contributed by atoms with E-state index in [1.165, 1.54) is 12.8 Å². The molecule has 0 unspecified atom stereocenters. The first-order valence-corrected chi connectivity index (χ1v) is 10.0. The van der Waals surface area contributed by atoms with Gasteiger partial charge in [0.15, 0.2) is 5.11 Å². The number of thiocarbonyl (C=S) groups is 1. The maximum absolute atomic E-state index is 12.7. The van der Waals surface area contributed by atoms with Gasteiger partial charge in [-0.05, 0) is 48.0 Å². The van der Waals surface area contributed by atoms with Crippen molar-refractivity contribution < 1.29 is 9.90 Å². The van der Waals surface area contributed by atoms with Crippen LogP contribution in [0.1, 0.15) is 88.7 Å². The molecule has 2 rings (SSSR count). The Morgan fingerprint density at radius 2 is 1.48 bits per heavy atom. The first kappa shape index (κ1) is 21.5. The van der Waals surface area contributed by atoms with Gasteiger partial charge in [-0.2, -0.15) is 0 Å². The summed E-state index contributed by atoms with van der Waals surface area (Å²) in [4.78, 5) is 12.7. The minimum absolute atomic E-state index is 0.262. The van der Waals surface area contributed by atoms with Crippen LogP contribution in [0.5, 0.6) is 5.75 Å². The zero-order chi connectivity index (χ0) is 20.4. The van der Waals surface area contributed by atoms with Crippen molar-refractivity contribution in [2.75, 3.05) is 0 Å². The van der Waals surface area contributed by atoms with Crippen LogP contribution in [0.25, 0.3) is 0 Å². The van der Waals surface area contributed by atoms with Gasteiger partial charge in [0, 0.05) is 22.7 Å². The number of hydrogen-bond acceptors (Lipinski definition) is 3. The third-order valence-corrected chi connectivity index (χ3v) is 5.19. The molecule has 1 aromatic carbocycles. The number of aromatic hydroxyl groups is 1. The van der Waals surface area contributed by atoms with Crippen molar-refractivity contribution in [3.8, 4) is 5.75 Å². The molecule has 1 aliphatic carbocycles. The average molecular weight is 392 g/mol. The highest BCUT2D eigenvalue weighted by Crippen LogP contribution is 2.39. The Labute approximate surface area is 168 Å². The van der Waals surface area contributed by atoms with E-state index in [-0.39, 0.29) is 22.5 Å². The highest BCUT2D eigenvalue weighted by Gasteiger charge is 2.28. The maximum Gasteiger partial charge on any atom is 0.269 e. The number of hydrogen-bond donors (Lipinski definition) is 4. The standard InChI is InChI=1S/C21H33N3O2S/c1-20(2,3)15-11-13(12-16(17(15)25)21(4,5)6)18(26)23-24-19(27)22-14-9-7-8-10-14/h11-12,14,25H,7-10H2,1-6H3,(H,23,26)(H2,22,24,27). The van der Waals surface area contributed by atoms with Crippen molar-refractivity contribution in [3.63, 3.8) is 0 Å². The second-order valence-corrected chi connectivity index (χ2v) is 9.86. The van der Waals surface area contributed by atoms with Crippen LogP contribution in [0.2, 0.25) is 0 Å². The molecule has 0 aliphatic heterocycles. The minimum Gasteiger partial charge on any atom is -0.507 e. The van der Waals surface area contributed by atoms with Gasteiger partial charge in [-0.25, -0.2) is 0 Å².